The number of ether oxygens (including phenoxy) is 9. The summed E-state index contributed by atoms with van der Waals surface area (Å²) >= 11 is 5.10. The van der Waals surface area contributed by atoms with Crippen molar-refractivity contribution in [1.29, 1.82) is 5.26 Å². The number of hydrogen-bond donors (Lipinski definition) is 5. The molecule has 13 atom stereocenters. The van der Waals surface area contributed by atoms with Crippen LogP contribution in [-0.2, 0) is 42.2 Å². The highest BCUT2D eigenvalue weighted by molar-refractivity contribution is 8.00. The summed E-state index contributed by atoms with van der Waals surface area (Å²) in [5.74, 6) is 2.29. The lowest BCUT2D eigenvalue weighted by molar-refractivity contribution is -0.157. The van der Waals surface area contributed by atoms with Crippen molar-refractivity contribution in [2.75, 3.05) is 58.5 Å². The normalized spacial score (nSPS) is 30.2. The fourth-order valence-corrected chi connectivity index (χ4v) is 20.2. The molecule has 0 aromatic heterocycles. The molecule has 476 valence electrons. The number of unbranched alkanes of at least 4 members (excludes halogenated alkanes) is 2. The van der Waals surface area contributed by atoms with Gasteiger partial charge in [0.2, 0.25) is 6.79 Å². The van der Waals surface area contributed by atoms with E-state index in [4.69, 9.17) is 42.6 Å². The molecule has 4 amide bonds. The van der Waals surface area contributed by atoms with Crippen molar-refractivity contribution in [2.24, 2.45) is 0 Å². The van der Waals surface area contributed by atoms with Crippen molar-refractivity contribution in [1.82, 2.24) is 36.4 Å². The van der Waals surface area contributed by atoms with Gasteiger partial charge in [-0.2, -0.15) is 28.8 Å². The van der Waals surface area contributed by atoms with Crippen LogP contribution >= 0.6 is 35.3 Å². The monoisotopic (exact) mass is 1280 g/mol. The van der Waals surface area contributed by atoms with Crippen LogP contribution in [0.5, 0.6) is 40.2 Å². The quantitative estimate of drug-likeness (QED) is 0.0330. The van der Waals surface area contributed by atoms with E-state index in [0.717, 1.165) is 53.9 Å². The summed E-state index contributed by atoms with van der Waals surface area (Å²) in [6.07, 6.45) is 4.34. The molecule has 0 saturated carbocycles. The number of nitrogens with one attached hydrogen (secondary N) is 5. The Balaban J connectivity index is 0.902. The van der Waals surface area contributed by atoms with Gasteiger partial charge in [0.15, 0.2) is 40.0 Å². The predicted molar refractivity (Wildman–Crippen MR) is 329 cm³/mol. The molecule has 89 heavy (non-hydrogen) atoms. The largest absolute Gasteiger partial charge is 0.514 e. The Morgan fingerprint density at radius 2 is 1.43 bits per heavy atom. The molecule has 6 saturated heterocycles. The van der Waals surface area contributed by atoms with E-state index in [9.17, 15) is 29.2 Å². The van der Waals surface area contributed by atoms with E-state index < -0.39 is 70.7 Å². The van der Waals surface area contributed by atoms with E-state index in [0.29, 0.717) is 83.0 Å². The zero-order chi connectivity index (χ0) is 62.4. The van der Waals surface area contributed by atoms with Crippen molar-refractivity contribution in [3.05, 3.63) is 62.7 Å². The van der Waals surface area contributed by atoms with Gasteiger partial charge in [0, 0.05) is 81.5 Å². The first-order chi connectivity index (χ1) is 42.8. The summed E-state index contributed by atoms with van der Waals surface area (Å²) in [6, 6.07) is 4.72. The molecule has 14 rings (SSSR count). The minimum atomic E-state index is -1.54. The van der Waals surface area contributed by atoms with Gasteiger partial charge in [-0.25, -0.2) is 19.2 Å². The van der Waals surface area contributed by atoms with Crippen LogP contribution in [0, 0.1) is 25.2 Å². The van der Waals surface area contributed by atoms with E-state index in [2.05, 4.69) is 48.5 Å². The van der Waals surface area contributed by atoms with Crippen molar-refractivity contribution >= 4 is 71.4 Å². The van der Waals surface area contributed by atoms with Crippen molar-refractivity contribution in [3.8, 4) is 46.3 Å². The number of aryl methyl sites for hydroxylation is 1. The van der Waals surface area contributed by atoms with E-state index in [1.165, 1.54) is 18.9 Å². The summed E-state index contributed by atoms with van der Waals surface area (Å²) < 4.78 is 56.4. The zero-order valence-electron chi connectivity index (χ0n) is 51.2. The van der Waals surface area contributed by atoms with Gasteiger partial charge in [0.25, 0.3) is 0 Å². The maximum absolute atomic E-state index is 15.6. The first-order valence-electron chi connectivity index (χ1n) is 30.8. The highest BCUT2D eigenvalue weighted by Crippen LogP contribution is 2.65. The average Bonchev–Trinajstić information content (AvgIpc) is 1.53. The maximum atomic E-state index is 15.6. The molecule has 3 aromatic rings. The molecule has 5 N–H and O–H groups in total. The third-order valence-electron chi connectivity index (χ3n) is 19.3. The summed E-state index contributed by atoms with van der Waals surface area (Å²) in [4.78, 5) is 86.6. The Morgan fingerprint density at radius 3 is 2.07 bits per heavy atom. The van der Waals surface area contributed by atoms with E-state index in [1.807, 2.05) is 44.4 Å². The minimum Gasteiger partial charge on any atom is -0.493 e. The molecule has 0 aliphatic carbocycles. The van der Waals surface area contributed by atoms with Gasteiger partial charge in [-0.1, -0.05) is 18.9 Å². The number of hydrogen-bond acceptors (Lipinski definition) is 22. The zero-order valence-corrected chi connectivity index (χ0v) is 53.6. The van der Waals surface area contributed by atoms with Gasteiger partial charge in [-0.05, 0) is 115 Å². The molecule has 11 aliphatic heterocycles. The van der Waals surface area contributed by atoms with Crippen molar-refractivity contribution < 1.29 is 71.4 Å². The van der Waals surface area contributed by atoms with Crippen LogP contribution in [0.15, 0.2) is 18.2 Å². The number of fused-ring (bicyclic) bond motifs is 11. The molecule has 4 bridgehead atoms. The smallest absolute Gasteiger partial charge is 0.493 e. The Bertz CT molecular complexity index is 3450. The SMILES string of the molecule is COc1cc2c(cc1OC(=O)OC(C)(C)C)CCN[C@]21CS[C@@H]2c3c(OC(=O)CCCC[C@@H]4SCC5NC(=O)NC54)c(C)c4c(c3[C@H](COC1=O)N1C2[C@@H]2c3c(cc(C)c(OC)c3OC(=O)CCCCC3SCC5NC(=O)NC53)C[C@@H]([C@@H]1C#N)N2C)OCO4. The number of likely N-dealkylation sites (N-methyl/N-ethyl adjacent to an activating group) is 1. The number of benzene rings is 3. The molecule has 6 unspecified atom stereocenters. The van der Waals surface area contributed by atoms with Crippen LogP contribution < -0.4 is 59.7 Å². The molecular formula is C63H76N8O15S3. The van der Waals surface area contributed by atoms with Crippen LogP contribution in [0.25, 0.3) is 0 Å². The molecule has 26 heteroatoms. The minimum absolute atomic E-state index is 0.0257. The lowest BCUT2D eigenvalue weighted by Gasteiger charge is -2.62. The average molecular weight is 1280 g/mol. The predicted octanol–water partition coefficient (Wildman–Crippen LogP) is 7.23. The van der Waals surface area contributed by atoms with Crippen LogP contribution in [0.3, 0.4) is 0 Å². The molecule has 11 aliphatic rings. The second-order valence-corrected chi connectivity index (χ2v) is 29.4. The van der Waals surface area contributed by atoms with Crippen LogP contribution in [0.2, 0.25) is 0 Å². The molecule has 6 fully saturated rings. The van der Waals surface area contributed by atoms with Gasteiger partial charge in [-0.15, -0.1) is 11.8 Å². The van der Waals surface area contributed by atoms with Gasteiger partial charge in [-0.3, -0.25) is 24.7 Å². The summed E-state index contributed by atoms with van der Waals surface area (Å²) in [6.45, 7) is 8.90. The highest BCUT2D eigenvalue weighted by Gasteiger charge is 2.62. The van der Waals surface area contributed by atoms with Crippen molar-refractivity contribution in [3.63, 3.8) is 0 Å². The lowest BCUT2D eigenvalue weighted by Crippen LogP contribution is -2.69. The van der Waals surface area contributed by atoms with Crippen LogP contribution in [-0.4, -0.2) is 163 Å². The van der Waals surface area contributed by atoms with Gasteiger partial charge in [0.05, 0.1) is 61.8 Å². The first-order valence-corrected chi connectivity index (χ1v) is 33.9. The topological polar surface area (TPSA) is 276 Å². The molecule has 0 radical (unpaired) electrons. The van der Waals surface area contributed by atoms with E-state index >= 15 is 4.79 Å². The Morgan fingerprint density at radius 1 is 0.764 bits per heavy atom. The fourth-order valence-electron chi connectivity index (χ4n) is 15.4. The van der Waals surface area contributed by atoms with E-state index in [1.54, 1.807) is 40.0 Å². The van der Waals surface area contributed by atoms with Crippen LogP contribution in [0.1, 0.15) is 134 Å². The molecule has 1 spiro atoms. The Hall–Kier alpha value is -6.50. The molecule has 23 nitrogen and oxygen atoms in total. The molecular weight excluding hydrogens is 1200 g/mol. The highest BCUT2D eigenvalue weighted by atomic mass is 32.2. The van der Waals surface area contributed by atoms with Crippen molar-refractivity contribution in [2.45, 2.75) is 180 Å². The van der Waals surface area contributed by atoms with Crippen LogP contribution in [0.4, 0.5) is 14.4 Å². The number of thioether (sulfide) groups is 3. The number of nitriles is 1. The summed E-state index contributed by atoms with van der Waals surface area (Å²) in [5, 5.41) is 27.2. The lowest BCUT2D eigenvalue weighted by atomic mass is 9.71. The summed E-state index contributed by atoms with van der Waals surface area (Å²) in [7, 11) is 5.02. The van der Waals surface area contributed by atoms with Gasteiger partial charge >= 0.3 is 36.1 Å². The number of rotatable bonds is 15. The third kappa shape index (κ3) is 11.0. The number of carbonyl (C=O) groups excluding carboxylic acids is 6. The summed E-state index contributed by atoms with van der Waals surface area (Å²) in [5.41, 5.74) is 3.01. The van der Waals surface area contributed by atoms with E-state index in [-0.39, 0.29) is 96.0 Å². The number of urea groups is 2. The molecule has 11 heterocycles. The number of esters is 3. The number of piperazine rings is 1. The second-order valence-electron chi connectivity index (χ2n) is 25.7. The number of methoxy groups -OCH3 is 2. The first kappa shape index (κ1) is 61.4. The van der Waals surface area contributed by atoms with Gasteiger partial charge < -0.3 is 63.9 Å². The number of amides is 4. The second kappa shape index (κ2) is 24.3. The van der Waals surface area contributed by atoms with Gasteiger partial charge in [0.1, 0.15) is 24.0 Å². The maximum Gasteiger partial charge on any atom is 0.514 e. The Kier molecular flexibility index (Phi) is 16.7. The number of nitrogens with zero attached hydrogens (tertiary/aromatic N) is 3. The number of carbonyl (C=O) groups is 6. The third-order valence-corrected chi connectivity index (χ3v) is 23.8. The Labute approximate surface area is 529 Å². The standard InChI is InChI=1S/C63H76N8O15S3/c1-29-19-32-20-36-37(23-64)71-38-24-80-58(74)63(33-22-39(78-7)40(21-31(33)17-18-65-63)83-61(77)86-62(3,4)5)27-89-57(47-46(38)55-54(81-28-82-55)30(2)53(47)84-43(72)15-11-9-13-41-48-34(25-87-41)66-59(75)68-48)51(71)50(70(36)6)45(32)56(52(29)79-8)85-44(73)16-12-10-14-42-49-35(26-88-42)67-60(76)69-49/h19,21-22,34-38,41-42,48-51,57,65H,9-18,20,24-28H2,1-8H3,(H2,66,68,75)(H2,67,69,76)/t34?,35?,36-,37-,38-,41-,42?,48?,49?,50-,51?,57+,63+/m0/s1. The molecule has 3 aromatic carbocycles. The fraction of sp³-hybridized carbons (Fsp3) is 0.603.